The summed E-state index contributed by atoms with van der Waals surface area (Å²) in [5.74, 6) is -0.0963. The van der Waals surface area contributed by atoms with Crippen LogP contribution in [0.3, 0.4) is 0 Å². The van der Waals surface area contributed by atoms with E-state index in [9.17, 15) is 9.59 Å². The lowest BCUT2D eigenvalue weighted by Crippen LogP contribution is -2.32. The zero-order chi connectivity index (χ0) is 19.3. The Hall–Kier alpha value is -2.25. The van der Waals surface area contributed by atoms with Crippen molar-refractivity contribution in [1.82, 2.24) is 14.5 Å². The van der Waals surface area contributed by atoms with E-state index in [0.717, 1.165) is 5.57 Å². The van der Waals surface area contributed by atoms with E-state index in [2.05, 4.69) is 11.6 Å². The summed E-state index contributed by atoms with van der Waals surface area (Å²) in [6, 6.07) is 5.05. The van der Waals surface area contributed by atoms with Crippen molar-refractivity contribution < 1.29 is 9.53 Å². The number of H-pyrrole nitrogens is 1. The zero-order valence-electron chi connectivity index (χ0n) is 15.5. The van der Waals surface area contributed by atoms with Crippen molar-refractivity contribution in [2.75, 3.05) is 26.8 Å². The van der Waals surface area contributed by atoms with Crippen molar-refractivity contribution in [2.24, 2.45) is 0 Å². The standard InChI is InChI=1S/C19H25N3O3S/c1-5-21(12-13(2)3)17(23)14-7-8-15-16(11-14)20-19(26)22(18(15)24)9-6-10-25-4/h7-8,11H,2,5-6,9-10,12H2,1,3-4H3,(H,20,26). The first-order valence-electron chi connectivity index (χ1n) is 8.58. The first-order valence-corrected chi connectivity index (χ1v) is 8.99. The van der Waals surface area contributed by atoms with Gasteiger partial charge in [0, 0.05) is 38.9 Å². The van der Waals surface area contributed by atoms with Crippen LogP contribution in [0.4, 0.5) is 0 Å². The molecule has 0 fully saturated rings. The van der Waals surface area contributed by atoms with Crippen LogP contribution in [0, 0.1) is 4.77 Å². The van der Waals surface area contributed by atoms with Crippen LogP contribution >= 0.6 is 12.2 Å². The second-order valence-electron chi connectivity index (χ2n) is 6.27. The molecular formula is C19H25N3O3S. The van der Waals surface area contributed by atoms with Crippen LogP contribution in [-0.4, -0.2) is 47.2 Å². The highest BCUT2D eigenvalue weighted by molar-refractivity contribution is 7.71. The van der Waals surface area contributed by atoms with Gasteiger partial charge in [-0.1, -0.05) is 12.2 Å². The van der Waals surface area contributed by atoms with E-state index in [1.165, 1.54) is 4.57 Å². The van der Waals surface area contributed by atoms with E-state index in [1.807, 2.05) is 13.8 Å². The number of methoxy groups -OCH3 is 1. The predicted molar refractivity (Wildman–Crippen MR) is 106 cm³/mol. The Bertz CT molecular complexity index is 930. The van der Waals surface area contributed by atoms with E-state index in [0.29, 0.717) is 53.9 Å². The lowest BCUT2D eigenvalue weighted by Gasteiger charge is -2.21. The Labute approximate surface area is 158 Å². The van der Waals surface area contributed by atoms with Crippen LogP contribution in [0.5, 0.6) is 0 Å². The van der Waals surface area contributed by atoms with Gasteiger partial charge >= 0.3 is 0 Å². The molecule has 7 heteroatoms. The van der Waals surface area contributed by atoms with Gasteiger partial charge < -0.3 is 14.6 Å². The molecule has 0 atom stereocenters. The maximum atomic E-state index is 12.7. The molecule has 0 saturated carbocycles. The third-order valence-electron chi connectivity index (χ3n) is 4.09. The molecule has 6 nitrogen and oxygen atoms in total. The van der Waals surface area contributed by atoms with Crippen LogP contribution in [0.2, 0.25) is 0 Å². The number of carbonyl (C=O) groups is 1. The summed E-state index contributed by atoms with van der Waals surface area (Å²) in [6.07, 6.45) is 0.697. The second kappa shape index (κ2) is 8.91. The van der Waals surface area contributed by atoms with Crippen LogP contribution in [0.1, 0.15) is 30.6 Å². The van der Waals surface area contributed by atoms with Gasteiger partial charge in [0.25, 0.3) is 11.5 Å². The Morgan fingerprint density at radius 2 is 2.15 bits per heavy atom. The molecular weight excluding hydrogens is 350 g/mol. The number of carbonyl (C=O) groups excluding carboxylic acids is 1. The molecule has 0 radical (unpaired) electrons. The van der Waals surface area contributed by atoms with E-state index in [4.69, 9.17) is 17.0 Å². The largest absolute Gasteiger partial charge is 0.385 e. The van der Waals surface area contributed by atoms with Gasteiger partial charge in [-0.25, -0.2) is 0 Å². The summed E-state index contributed by atoms with van der Waals surface area (Å²) in [7, 11) is 1.62. The Morgan fingerprint density at radius 1 is 1.42 bits per heavy atom. The SMILES string of the molecule is C=C(C)CN(CC)C(=O)c1ccc2c(=O)n(CCCOC)c(=S)[nH]c2c1. The number of aromatic nitrogens is 2. The number of hydrogen-bond donors (Lipinski definition) is 1. The molecule has 1 aromatic carbocycles. The predicted octanol–water partition coefficient (Wildman–Crippen LogP) is 3.13. The molecule has 1 aromatic heterocycles. The molecule has 140 valence electrons. The number of ether oxygens (including phenoxy) is 1. The van der Waals surface area contributed by atoms with Crippen LogP contribution in [0.25, 0.3) is 10.9 Å². The van der Waals surface area contributed by atoms with Gasteiger partial charge in [0.1, 0.15) is 0 Å². The minimum atomic E-state index is -0.159. The number of nitrogens with one attached hydrogen (secondary N) is 1. The van der Waals surface area contributed by atoms with Gasteiger partial charge in [-0.2, -0.15) is 0 Å². The topological polar surface area (TPSA) is 67.3 Å². The van der Waals surface area contributed by atoms with Gasteiger partial charge in [0.15, 0.2) is 4.77 Å². The molecule has 1 heterocycles. The number of aromatic amines is 1. The minimum absolute atomic E-state index is 0.0963. The highest BCUT2D eigenvalue weighted by Crippen LogP contribution is 2.14. The number of hydrogen-bond acceptors (Lipinski definition) is 4. The van der Waals surface area contributed by atoms with Crippen molar-refractivity contribution in [3.8, 4) is 0 Å². The molecule has 0 aliphatic carbocycles. The molecule has 0 aliphatic heterocycles. The maximum absolute atomic E-state index is 12.7. The number of likely N-dealkylation sites (N-methyl/N-ethyl adjacent to an activating group) is 1. The molecule has 0 unspecified atom stereocenters. The molecule has 0 saturated heterocycles. The summed E-state index contributed by atoms with van der Waals surface area (Å²) in [5, 5.41) is 0.510. The monoisotopic (exact) mass is 375 g/mol. The van der Waals surface area contributed by atoms with Crippen molar-refractivity contribution in [1.29, 1.82) is 0 Å². The van der Waals surface area contributed by atoms with Gasteiger partial charge in [0.2, 0.25) is 0 Å². The van der Waals surface area contributed by atoms with Gasteiger partial charge in [-0.3, -0.25) is 14.2 Å². The summed E-state index contributed by atoms with van der Waals surface area (Å²) >= 11 is 5.32. The van der Waals surface area contributed by atoms with Crippen molar-refractivity contribution in [3.63, 3.8) is 0 Å². The molecule has 2 rings (SSSR count). The first-order chi connectivity index (χ1) is 12.4. The fourth-order valence-corrected chi connectivity index (χ4v) is 3.08. The van der Waals surface area contributed by atoms with Crippen molar-refractivity contribution >= 4 is 29.0 Å². The van der Waals surface area contributed by atoms with Crippen LogP contribution in [0.15, 0.2) is 35.1 Å². The summed E-state index contributed by atoms with van der Waals surface area (Å²) in [4.78, 5) is 30.2. The number of amides is 1. The van der Waals surface area contributed by atoms with E-state index in [1.54, 1.807) is 30.2 Å². The molecule has 0 aliphatic rings. The summed E-state index contributed by atoms with van der Waals surface area (Å²) < 4.78 is 6.90. The highest BCUT2D eigenvalue weighted by atomic mass is 32.1. The van der Waals surface area contributed by atoms with Gasteiger partial charge in [-0.15, -0.1) is 0 Å². The molecule has 2 aromatic rings. The minimum Gasteiger partial charge on any atom is -0.385 e. The summed E-state index contributed by atoms with van der Waals surface area (Å²) in [6.45, 7) is 9.81. The third-order valence-corrected chi connectivity index (χ3v) is 4.41. The molecule has 0 bridgehead atoms. The van der Waals surface area contributed by atoms with Crippen LogP contribution in [-0.2, 0) is 11.3 Å². The average molecular weight is 375 g/mol. The van der Waals surface area contributed by atoms with E-state index in [-0.39, 0.29) is 11.5 Å². The Morgan fingerprint density at radius 3 is 2.77 bits per heavy atom. The van der Waals surface area contributed by atoms with Crippen molar-refractivity contribution in [3.05, 3.63) is 51.0 Å². The fraction of sp³-hybridized carbons (Fsp3) is 0.421. The summed E-state index contributed by atoms with van der Waals surface area (Å²) in [5.41, 5.74) is 1.84. The number of rotatable bonds is 8. The normalized spacial score (nSPS) is 10.9. The van der Waals surface area contributed by atoms with Gasteiger partial charge in [0.05, 0.1) is 10.9 Å². The Kier molecular flexibility index (Phi) is 6.88. The molecule has 26 heavy (non-hydrogen) atoms. The number of benzene rings is 1. The number of nitrogens with zero attached hydrogens (tertiary/aromatic N) is 2. The lowest BCUT2D eigenvalue weighted by molar-refractivity contribution is 0.0778. The quantitative estimate of drug-likeness (QED) is 0.437. The highest BCUT2D eigenvalue weighted by Gasteiger charge is 2.15. The number of fused-ring (bicyclic) bond motifs is 1. The maximum Gasteiger partial charge on any atom is 0.262 e. The molecule has 1 amide bonds. The van der Waals surface area contributed by atoms with Gasteiger partial charge in [-0.05, 0) is 50.7 Å². The molecule has 1 N–H and O–H groups in total. The first kappa shape index (κ1) is 20.1. The smallest absolute Gasteiger partial charge is 0.262 e. The molecule has 0 spiro atoms. The van der Waals surface area contributed by atoms with E-state index >= 15 is 0 Å². The van der Waals surface area contributed by atoms with E-state index < -0.39 is 0 Å². The zero-order valence-corrected chi connectivity index (χ0v) is 16.3. The average Bonchev–Trinajstić information content (AvgIpc) is 2.61. The van der Waals surface area contributed by atoms with Crippen LogP contribution < -0.4 is 5.56 Å². The lowest BCUT2D eigenvalue weighted by atomic mass is 10.1. The van der Waals surface area contributed by atoms with Crippen molar-refractivity contribution in [2.45, 2.75) is 26.8 Å². The second-order valence-corrected chi connectivity index (χ2v) is 6.66. The Balaban J connectivity index is 2.41. The third kappa shape index (κ3) is 4.47. The fourth-order valence-electron chi connectivity index (χ4n) is 2.79.